The van der Waals surface area contributed by atoms with Crippen LogP contribution >= 0.6 is 0 Å². The molecule has 0 aliphatic rings. The molecule has 0 aliphatic heterocycles. The van der Waals surface area contributed by atoms with Gasteiger partial charge in [-0.15, -0.1) is 0 Å². The number of hydrogen-bond donors (Lipinski definition) is 2. The number of benzene rings is 2. The van der Waals surface area contributed by atoms with Gasteiger partial charge in [0.25, 0.3) is 0 Å². The molecule has 3 aromatic rings. The first kappa shape index (κ1) is 19.5. The van der Waals surface area contributed by atoms with E-state index in [1.165, 1.54) is 48.7 Å². The van der Waals surface area contributed by atoms with E-state index < -0.39 is 21.7 Å². The summed E-state index contributed by atoms with van der Waals surface area (Å²) in [6.07, 6.45) is 3.97. The van der Waals surface area contributed by atoms with Crippen molar-refractivity contribution >= 4 is 27.7 Å². The Kier molecular flexibility index (Phi) is 6.03. The van der Waals surface area contributed by atoms with E-state index >= 15 is 0 Å². The van der Waals surface area contributed by atoms with Gasteiger partial charge in [-0.1, -0.05) is 24.3 Å². The van der Waals surface area contributed by atoms with Crippen LogP contribution in [0.3, 0.4) is 0 Å². The summed E-state index contributed by atoms with van der Waals surface area (Å²) in [7, 11) is -3.78. The molecule has 0 radical (unpaired) electrons. The first-order valence-corrected chi connectivity index (χ1v) is 9.78. The lowest BCUT2D eigenvalue weighted by atomic mass is 10.2. The highest BCUT2D eigenvalue weighted by Gasteiger charge is 2.15. The molecule has 0 unspecified atom stereocenters. The maximum atomic E-state index is 13.6. The number of nitrogens with one attached hydrogen (secondary N) is 2. The number of amides is 1. The molecule has 3 rings (SSSR count). The van der Waals surface area contributed by atoms with Crippen LogP contribution in [-0.2, 0) is 21.4 Å². The molecule has 0 saturated heterocycles. The zero-order valence-corrected chi connectivity index (χ0v) is 15.4. The highest BCUT2D eigenvalue weighted by molar-refractivity contribution is 7.89. The SMILES string of the molecule is O=C(/C=C/c1ccccc1F)Nc1cccc(S(=O)(=O)NCc2ccco2)c1. The van der Waals surface area contributed by atoms with Crippen LogP contribution in [0.2, 0.25) is 0 Å². The van der Waals surface area contributed by atoms with Crippen LogP contribution in [0.4, 0.5) is 10.1 Å². The van der Waals surface area contributed by atoms with Gasteiger partial charge in [0.15, 0.2) is 0 Å². The zero-order valence-electron chi connectivity index (χ0n) is 14.6. The Bertz CT molecular complexity index is 1090. The maximum absolute atomic E-state index is 13.6. The van der Waals surface area contributed by atoms with Crippen molar-refractivity contribution in [1.29, 1.82) is 0 Å². The van der Waals surface area contributed by atoms with Gasteiger partial charge in [-0.2, -0.15) is 0 Å². The summed E-state index contributed by atoms with van der Waals surface area (Å²) in [4.78, 5) is 12.0. The number of anilines is 1. The summed E-state index contributed by atoms with van der Waals surface area (Å²) in [5.74, 6) is -0.477. The molecule has 2 N–H and O–H groups in total. The van der Waals surface area contributed by atoms with E-state index in [0.717, 1.165) is 0 Å². The Morgan fingerprint density at radius 2 is 1.89 bits per heavy atom. The van der Waals surface area contributed by atoms with Crippen molar-refractivity contribution in [2.75, 3.05) is 5.32 Å². The predicted molar refractivity (Wildman–Crippen MR) is 103 cm³/mol. The van der Waals surface area contributed by atoms with Gasteiger partial charge in [0.2, 0.25) is 15.9 Å². The summed E-state index contributed by atoms with van der Waals surface area (Å²) >= 11 is 0. The number of rotatable bonds is 7. The molecule has 0 bridgehead atoms. The molecular formula is C20H17FN2O4S. The smallest absolute Gasteiger partial charge is 0.248 e. The van der Waals surface area contributed by atoms with E-state index in [1.54, 1.807) is 30.3 Å². The minimum atomic E-state index is -3.78. The van der Waals surface area contributed by atoms with Crippen LogP contribution in [0.15, 0.2) is 82.3 Å². The van der Waals surface area contributed by atoms with Crippen molar-refractivity contribution in [2.24, 2.45) is 0 Å². The van der Waals surface area contributed by atoms with E-state index in [2.05, 4.69) is 10.0 Å². The average Bonchev–Trinajstić information content (AvgIpc) is 3.20. The molecule has 2 aromatic carbocycles. The normalized spacial score (nSPS) is 11.6. The van der Waals surface area contributed by atoms with E-state index in [1.807, 2.05) is 0 Å². The third kappa shape index (κ3) is 5.15. The van der Waals surface area contributed by atoms with Gasteiger partial charge < -0.3 is 9.73 Å². The van der Waals surface area contributed by atoms with Gasteiger partial charge in [0, 0.05) is 17.3 Å². The van der Waals surface area contributed by atoms with Gasteiger partial charge >= 0.3 is 0 Å². The summed E-state index contributed by atoms with van der Waals surface area (Å²) in [6.45, 7) is 0.0112. The molecule has 28 heavy (non-hydrogen) atoms. The fraction of sp³-hybridized carbons (Fsp3) is 0.0500. The standard InChI is InChI=1S/C20H17FN2O4S/c21-19-9-2-1-5-15(19)10-11-20(24)23-16-6-3-8-18(13-16)28(25,26)22-14-17-7-4-12-27-17/h1-13,22H,14H2,(H,23,24)/b11-10+. The number of furan rings is 1. The minimum Gasteiger partial charge on any atom is -0.468 e. The molecule has 0 fully saturated rings. The predicted octanol–water partition coefficient (Wildman–Crippen LogP) is 3.55. The number of carbonyl (C=O) groups is 1. The fourth-order valence-corrected chi connectivity index (χ4v) is 3.40. The van der Waals surface area contributed by atoms with Gasteiger partial charge in [-0.25, -0.2) is 17.5 Å². The van der Waals surface area contributed by atoms with Crippen LogP contribution in [0.25, 0.3) is 6.08 Å². The highest BCUT2D eigenvalue weighted by atomic mass is 32.2. The Labute approximate surface area is 161 Å². The summed E-state index contributed by atoms with van der Waals surface area (Å²) in [6, 6.07) is 15.2. The molecule has 0 aliphatic carbocycles. The third-order valence-electron chi connectivity index (χ3n) is 3.75. The van der Waals surface area contributed by atoms with Gasteiger partial charge in [0.1, 0.15) is 11.6 Å². The van der Waals surface area contributed by atoms with Crippen molar-refractivity contribution in [3.63, 3.8) is 0 Å². The van der Waals surface area contributed by atoms with Crippen molar-refractivity contribution in [3.05, 3.63) is 90.1 Å². The van der Waals surface area contributed by atoms with Crippen LogP contribution in [0, 0.1) is 5.82 Å². The summed E-state index contributed by atoms with van der Waals surface area (Å²) < 4.78 is 45.9. The van der Waals surface area contributed by atoms with Crippen molar-refractivity contribution in [1.82, 2.24) is 4.72 Å². The van der Waals surface area contributed by atoms with Crippen molar-refractivity contribution in [2.45, 2.75) is 11.4 Å². The molecule has 6 nitrogen and oxygen atoms in total. The molecule has 1 heterocycles. The number of hydrogen-bond acceptors (Lipinski definition) is 4. The molecule has 1 aromatic heterocycles. The lowest BCUT2D eigenvalue weighted by molar-refractivity contribution is -0.111. The topological polar surface area (TPSA) is 88.4 Å². The van der Waals surface area contributed by atoms with Gasteiger partial charge in [0.05, 0.1) is 17.7 Å². The van der Waals surface area contributed by atoms with Crippen LogP contribution in [-0.4, -0.2) is 14.3 Å². The van der Waals surface area contributed by atoms with Crippen molar-refractivity contribution < 1.29 is 22.0 Å². The van der Waals surface area contributed by atoms with Crippen LogP contribution in [0.5, 0.6) is 0 Å². The quantitative estimate of drug-likeness (QED) is 0.594. The first-order chi connectivity index (χ1) is 13.4. The van der Waals surface area contributed by atoms with E-state index in [0.29, 0.717) is 11.4 Å². The lowest BCUT2D eigenvalue weighted by Gasteiger charge is -2.08. The Morgan fingerprint density at radius 3 is 2.64 bits per heavy atom. The molecule has 0 spiro atoms. The second kappa shape index (κ2) is 8.64. The van der Waals surface area contributed by atoms with Crippen molar-refractivity contribution in [3.8, 4) is 0 Å². The summed E-state index contributed by atoms with van der Waals surface area (Å²) in [5, 5.41) is 2.55. The Balaban J connectivity index is 1.67. The molecule has 0 saturated carbocycles. The zero-order chi connectivity index (χ0) is 20.0. The average molecular weight is 400 g/mol. The largest absolute Gasteiger partial charge is 0.468 e. The Morgan fingerprint density at radius 1 is 1.07 bits per heavy atom. The maximum Gasteiger partial charge on any atom is 0.248 e. The van der Waals surface area contributed by atoms with Gasteiger partial charge in [-0.3, -0.25) is 4.79 Å². The molecule has 1 amide bonds. The highest BCUT2D eigenvalue weighted by Crippen LogP contribution is 2.16. The third-order valence-corrected chi connectivity index (χ3v) is 5.15. The number of sulfonamides is 1. The fourth-order valence-electron chi connectivity index (χ4n) is 2.36. The van der Waals surface area contributed by atoms with Crippen LogP contribution < -0.4 is 10.0 Å². The second-order valence-corrected chi connectivity index (χ2v) is 7.54. The summed E-state index contributed by atoms with van der Waals surface area (Å²) in [5.41, 5.74) is 0.570. The van der Waals surface area contributed by atoms with E-state index in [-0.39, 0.29) is 17.0 Å². The number of halogens is 1. The lowest BCUT2D eigenvalue weighted by Crippen LogP contribution is -2.23. The molecule has 144 valence electrons. The van der Waals surface area contributed by atoms with Crippen LogP contribution in [0.1, 0.15) is 11.3 Å². The second-order valence-electron chi connectivity index (χ2n) is 5.78. The first-order valence-electron chi connectivity index (χ1n) is 8.30. The van der Waals surface area contributed by atoms with E-state index in [4.69, 9.17) is 4.42 Å². The molecule has 8 heteroatoms. The minimum absolute atomic E-state index is 0.00469. The molecule has 0 atom stereocenters. The van der Waals surface area contributed by atoms with Gasteiger partial charge in [-0.05, 0) is 42.5 Å². The monoisotopic (exact) mass is 400 g/mol. The number of carbonyl (C=O) groups excluding carboxylic acids is 1. The Hall–Kier alpha value is -3.23. The van der Waals surface area contributed by atoms with E-state index in [9.17, 15) is 17.6 Å². The molecular weight excluding hydrogens is 383 g/mol.